The van der Waals surface area contributed by atoms with Crippen molar-refractivity contribution in [2.24, 2.45) is 0 Å². The molecule has 152 valence electrons. The van der Waals surface area contributed by atoms with Crippen molar-refractivity contribution >= 4 is 17.4 Å². The number of halogens is 1. The number of phenols is 1. The van der Waals surface area contributed by atoms with E-state index >= 15 is 0 Å². The summed E-state index contributed by atoms with van der Waals surface area (Å²) in [6, 6.07) is 10.2. The van der Waals surface area contributed by atoms with Gasteiger partial charge in [0.25, 0.3) is 0 Å². The molecule has 0 unspecified atom stereocenters. The molecule has 0 saturated carbocycles. The maximum absolute atomic E-state index is 12.6. The van der Waals surface area contributed by atoms with Crippen molar-refractivity contribution < 1.29 is 19.1 Å². The van der Waals surface area contributed by atoms with E-state index in [0.717, 1.165) is 11.5 Å². The molecule has 0 aliphatic rings. The standard InChI is InChI=1S/C23H24ClNO4/c1-13(2)22-18(8-10-20(27)15-5-9-19(26)14(3)11-15)25-23(29-22)17-7-6-16(24)12-21(17)28-4/h5-7,9,11-13,26H,8,10H2,1-4H3. The molecule has 0 saturated heterocycles. The van der Waals surface area contributed by atoms with Gasteiger partial charge >= 0.3 is 0 Å². The highest BCUT2D eigenvalue weighted by Crippen LogP contribution is 2.35. The van der Waals surface area contributed by atoms with Gasteiger partial charge in [-0.25, -0.2) is 4.98 Å². The van der Waals surface area contributed by atoms with Gasteiger partial charge < -0.3 is 14.3 Å². The molecule has 0 amide bonds. The van der Waals surface area contributed by atoms with E-state index in [-0.39, 0.29) is 17.5 Å². The molecule has 1 heterocycles. The number of benzene rings is 2. The van der Waals surface area contributed by atoms with Gasteiger partial charge in [-0.05, 0) is 48.9 Å². The summed E-state index contributed by atoms with van der Waals surface area (Å²) in [6.45, 7) is 5.82. The van der Waals surface area contributed by atoms with Gasteiger partial charge in [0.05, 0.1) is 18.4 Å². The summed E-state index contributed by atoms with van der Waals surface area (Å²) < 4.78 is 11.4. The van der Waals surface area contributed by atoms with Gasteiger partial charge in [0.2, 0.25) is 5.89 Å². The second-order valence-corrected chi connectivity index (χ2v) is 7.69. The molecule has 1 aromatic heterocycles. The van der Waals surface area contributed by atoms with E-state index in [1.807, 2.05) is 19.9 Å². The quantitative estimate of drug-likeness (QED) is 0.484. The van der Waals surface area contributed by atoms with Crippen LogP contribution in [0.5, 0.6) is 11.5 Å². The lowest BCUT2D eigenvalue weighted by molar-refractivity contribution is 0.0982. The SMILES string of the molecule is COc1cc(Cl)ccc1-c1nc(CCC(=O)c2ccc(O)c(C)c2)c(C(C)C)o1. The number of carbonyl (C=O) groups is 1. The summed E-state index contributed by atoms with van der Waals surface area (Å²) in [5.74, 6) is 2.08. The Balaban J connectivity index is 1.86. The predicted octanol–water partition coefficient (Wildman–Crippen LogP) is 5.96. The van der Waals surface area contributed by atoms with Gasteiger partial charge in [0.1, 0.15) is 17.3 Å². The van der Waals surface area contributed by atoms with Crippen molar-refractivity contribution in [3.63, 3.8) is 0 Å². The molecular weight excluding hydrogens is 390 g/mol. The van der Waals surface area contributed by atoms with Gasteiger partial charge in [-0.2, -0.15) is 0 Å². The lowest BCUT2D eigenvalue weighted by atomic mass is 10.0. The van der Waals surface area contributed by atoms with Crippen LogP contribution in [-0.2, 0) is 6.42 Å². The second-order valence-electron chi connectivity index (χ2n) is 7.25. The highest BCUT2D eigenvalue weighted by Gasteiger charge is 2.21. The first-order valence-corrected chi connectivity index (χ1v) is 9.84. The Morgan fingerprint density at radius 1 is 1.24 bits per heavy atom. The number of aryl methyl sites for hydroxylation is 2. The molecule has 0 atom stereocenters. The number of carbonyl (C=O) groups excluding carboxylic acids is 1. The van der Waals surface area contributed by atoms with Crippen molar-refractivity contribution in [3.8, 4) is 23.0 Å². The second kappa shape index (κ2) is 8.70. The number of phenolic OH excluding ortho intramolecular Hbond substituents is 1. The monoisotopic (exact) mass is 413 g/mol. The highest BCUT2D eigenvalue weighted by molar-refractivity contribution is 6.30. The molecule has 0 bridgehead atoms. The van der Waals surface area contributed by atoms with E-state index in [2.05, 4.69) is 4.98 Å². The largest absolute Gasteiger partial charge is 0.508 e. The molecule has 3 aromatic rings. The van der Waals surface area contributed by atoms with Gasteiger partial charge in [-0.1, -0.05) is 25.4 Å². The van der Waals surface area contributed by atoms with Crippen molar-refractivity contribution in [2.45, 2.75) is 39.5 Å². The molecule has 0 radical (unpaired) electrons. The fraction of sp³-hybridized carbons (Fsp3) is 0.304. The van der Waals surface area contributed by atoms with Gasteiger partial charge in [0, 0.05) is 29.3 Å². The van der Waals surface area contributed by atoms with Gasteiger partial charge in [-0.15, -0.1) is 0 Å². The van der Waals surface area contributed by atoms with Crippen molar-refractivity contribution in [3.05, 3.63) is 64.0 Å². The molecule has 3 rings (SSSR count). The first-order valence-electron chi connectivity index (χ1n) is 9.46. The van der Waals surface area contributed by atoms with E-state index in [9.17, 15) is 9.90 Å². The topological polar surface area (TPSA) is 72.6 Å². The maximum Gasteiger partial charge on any atom is 0.230 e. The van der Waals surface area contributed by atoms with E-state index in [0.29, 0.717) is 46.2 Å². The lowest BCUT2D eigenvalue weighted by Gasteiger charge is -2.06. The van der Waals surface area contributed by atoms with Crippen LogP contribution in [0.1, 0.15) is 53.6 Å². The van der Waals surface area contributed by atoms with Crippen LogP contribution in [0.25, 0.3) is 11.5 Å². The zero-order valence-electron chi connectivity index (χ0n) is 17.0. The van der Waals surface area contributed by atoms with Crippen molar-refractivity contribution in [1.82, 2.24) is 4.98 Å². The van der Waals surface area contributed by atoms with Crippen LogP contribution in [0, 0.1) is 6.92 Å². The Morgan fingerprint density at radius 2 is 2.00 bits per heavy atom. The van der Waals surface area contributed by atoms with E-state index in [1.54, 1.807) is 44.4 Å². The number of hydrogen-bond donors (Lipinski definition) is 1. The summed E-state index contributed by atoms with van der Waals surface area (Å²) in [7, 11) is 1.57. The molecule has 6 heteroatoms. The molecule has 0 fully saturated rings. The number of methoxy groups -OCH3 is 1. The number of oxazole rings is 1. The summed E-state index contributed by atoms with van der Waals surface area (Å²) in [5, 5.41) is 10.2. The third kappa shape index (κ3) is 4.62. The zero-order chi connectivity index (χ0) is 21.1. The molecule has 5 nitrogen and oxygen atoms in total. The summed E-state index contributed by atoms with van der Waals surface area (Å²) in [4.78, 5) is 17.3. The minimum atomic E-state index is -0.00331. The molecule has 2 aromatic carbocycles. The van der Waals surface area contributed by atoms with Gasteiger partial charge in [0.15, 0.2) is 5.78 Å². The Hall–Kier alpha value is -2.79. The number of rotatable bonds is 7. The number of Topliss-reactive ketones (excluding diaryl/α,β-unsaturated/α-hetero) is 1. The Kier molecular flexibility index (Phi) is 6.28. The Morgan fingerprint density at radius 3 is 2.66 bits per heavy atom. The Bertz CT molecular complexity index is 1040. The van der Waals surface area contributed by atoms with Crippen molar-refractivity contribution in [1.29, 1.82) is 0 Å². The zero-order valence-corrected chi connectivity index (χ0v) is 17.7. The molecule has 1 N–H and O–H groups in total. The minimum absolute atomic E-state index is 0.00331. The maximum atomic E-state index is 12.6. The van der Waals surface area contributed by atoms with E-state index < -0.39 is 0 Å². The average Bonchev–Trinajstić information content (AvgIpc) is 3.12. The first kappa shape index (κ1) is 20.9. The van der Waals surface area contributed by atoms with Gasteiger partial charge in [-0.3, -0.25) is 4.79 Å². The predicted molar refractivity (Wildman–Crippen MR) is 113 cm³/mol. The first-order chi connectivity index (χ1) is 13.8. The normalized spacial score (nSPS) is 11.1. The van der Waals surface area contributed by atoms with E-state index in [4.69, 9.17) is 20.8 Å². The van der Waals surface area contributed by atoms with E-state index in [1.165, 1.54) is 0 Å². The molecule has 0 aliphatic carbocycles. The molecule has 0 spiro atoms. The Labute approximate surface area is 175 Å². The minimum Gasteiger partial charge on any atom is -0.508 e. The van der Waals surface area contributed by atoms with Crippen LogP contribution in [0.15, 0.2) is 40.8 Å². The smallest absolute Gasteiger partial charge is 0.230 e. The third-order valence-electron chi connectivity index (χ3n) is 4.75. The lowest BCUT2D eigenvalue weighted by Crippen LogP contribution is -2.03. The number of aromatic nitrogens is 1. The number of hydrogen-bond acceptors (Lipinski definition) is 5. The van der Waals surface area contributed by atoms with Crippen LogP contribution < -0.4 is 4.74 Å². The molecule has 29 heavy (non-hydrogen) atoms. The van der Waals surface area contributed by atoms with Crippen molar-refractivity contribution in [2.75, 3.05) is 7.11 Å². The number of aromatic hydroxyl groups is 1. The number of ketones is 1. The summed E-state index contributed by atoms with van der Waals surface area (Å²) in [5.41, 5.74) is 2.73. The van der Waals surface area contributed by atoms with Crippen LogP contribution in [0.2, 0.25) is 5.02 Å². The fourth-order valence-electron chi connectivity index (χ4n) is 3.16. The average molecular weight is 414 g/mol. The third-order valence-corrected chi connectivity index (χ3v) is 4.99. The molecular formula is C23H24ClNO4. The summed E-state index contributed by atoms with van der Waals surface area (Å²) >= 11 is 6.05. The number of ether oxygens (including phenoxy) is 1. The van der Waals surface area contributed by atoms with Crippen LogP contribution in [0.4, 0.5) is 0 Å². The number of nitrogens with zero attached hydrogens (tertiary/aromatic N) is 1. The summed E-state index contributed by atoms with van der Waals surface area (Å²) in [6.07, 6.45) is 0.763. The fourth-order valence-corrected chi connectivity index (χ4v) is 3.32. The highest BCUT2D eigenvalue weighted by atomic mass is 35.5. The van der Waals surface area contributed by atoms with Crippen LogP contribution in [0.3, 0.4) is 0 Å². The molecule has 0 aliphatic heterocycles. The van der Waals surface area contributed by atoms with Crippen LogP contribution >= 0.6 is 11.6 Å². The van der Waals surface area contributed by atoms with Crippen LogP contribution in [-0.4, -0.2) is 23.0 Å².